The quantitative estimate of drug-likeness (QED) is 0.0660. The van der Waals surface area contributed by atoms with Gasteiger partial charge in [-0.3, -0.25) is 24.0 Å². The number of hydrogen-bond donors (Lipinski definition) is 9. The minimum Gasteiger partial charge on any atom is -0.508 e. The van der Waals surface area contributed by atoms with E-state index < -0.39 is 77.7 Å². The van der Waals surface area contributed by atoms with Gasteiger partial charge in [0.15, 0.2) is 0 Å². The van der Waals surface area contributed by atoms with Crippen LogP contribution in [0.25, 0.3) is 0 Å². The molecule has 0 spiro atoms. The van der Waals surface area contributed by atoms with E-state index in [0.717, 1.165) is 0 Å². The van der Waals surface area contributed by atoms with Gasteiger partial charge in [0.2, 0.25) is 29.5 Å². The smallest absolute Gasteiger partial charge is 0.326 e. The first-order chi connectivity index (χ1) is 25.6. The Morgan fingerprint density at radius 2 is 1.43 bits per heavy atom. The second-order valence-corrected chi connectivity index (χ2v) is 14.8. The second-order valence-electron chi connectivity index (χ2n) is 14.8. The number of aliphatic carboxylic acids is 1. The third-order valence-electron chi connectivity index (χ3n) is 9.83. The van der Waals surface area contributed by atoms with Crippen molar-refractivity contribution in [3.63, 3.8) is 0 Å². The number of unbranched alkanes of at least 4 members (excludes halogenated alkanes) is 2. The summed E-state index contributed by atoms with van der Waals surface area (Å²) in [5.74, 6) is -4.42. The second kappa shape index (κ2) is 23.5. The van der Waals surface area contributed by atoms with Gasteiger partial charge in [-0.1, -0.05) is 52.7 Å². The summed E-state index contributed by atoms with van der Waals surface area (Å²) in [6.45, 7) is 8.41. The molecular formula is C38H64N8O8. The first kappa shape index (κ1) is 45.9. The average molecular weight is 761 g/mol. The molecule has 304 valence electrons. The van der Waals surface area contributed by atoms with Crippen LogP contribution in [0.5, 0.6) is 5.75 Å². The van der Waals surface area contributed by atoms with Gasteiger partial charge in [-0.15, -0.1) is 0 Å². The Balaban J connectivity index is 2.34. The number of aromatic hydroxyl groups is 1. The van der Waals surface area contributed by atoms with Crippen molar-refractivity contribution < 1.29 is 39.0 Å². The van der Waals surface area contributed by atoms with Crippen molar-refractivity contribution in [1.29, 1.82) is 0 Å². The van der Waals surface area contributed by atoms with E-state index in [1.807, 2.05) is 20.8 Å². The van der Waals surface area contributed by atoms with Gasteiger partial charge in [-0.05, 0) is 94.0 Å². The molecule has 12 N–H and O–H groups in total. The molecule has 1 saturated heterocycles. The number of nitrogens with zero attached hydrogens (tertiary/aromatic N) is 1. The van der Waals surface area contributed by atoms with Crippen LogP contribution < -0.4 is 38.5 Å². The van der Waals surface area contributed by atoms with Gasteiger partial charge in [-0.25, -0.2) is 4.79 Å². The summed E-state index contributed by atoms with van der Waals surface area (Å²) in [7, 11) is 0. The van der Waals surface area contributed by atoms with Crippen molar-refractivity contribution in [1.82, 2.24) is 26.2 Å². The Labute approximate surface area is 319 Å². The number of carboxylic acid groups (broad SMARTS) is 1. The third kappa shape index (κ3) is 14.9. The molecule has 1 heterocycles. The van der Waals surface area contributed by atoms with E-state index in [1.54, 1.807) is 19.1 Å². The van der Waals surface area contributed by atoms with Gasteiger partial charge >= 0.3 is 5.97 Å². The van der Waals surface area contributed by atoms with E-state index in [9.17, 15) is 39.0 Å². The van der Waals surface area contributed by atoms with Gasteiger partial charge in [-0.2, -0.15) is 0 Å². The molecule has 1 aliphatic rings. The Hall–Kier alpha value is -4.28. The molecule has 7 atom stereocenters. The molecule has 0 aliphatic carbocycles. The van der Waals surface area contributed by atoms with Gasteiger partial charge in [0.1, 0.15) is 36.0 Å². The number of phenols is 1. The predicted molar refractivity (Wildman–Crippen MR) is 205 cm³/mol. The molecule has 1 aromatic rings. The van der Waals surface area contributed by atoms with Gasteiger partial charge in [0.25, 0.3) is 0 Å². The molecule has 0 saturated carbocycles. The fourth-order valence-electron chi connectivity index (χ4n) is 6.43. The number of nitrogens with one attached hydrogen (secondary N) is 4. The van der Waals surface area contributed by atoms with Crippen molar-refractivity contribution in [2.75, 3.05) is 19.6 Å². The SMILES string of the molecule is CC[C@H](C)[C@H](NC(=O)[C@H](Cc1ccc(O)cc1)NC(=O)[C@@H]1CCCN1C(=O)[C@H](CCCCN)NC(=O)[C@H](N)CCCCN)C(=O)N[C@@H](CC(C)C)C(=O)O. The molecule has 0 unspecified atom stereocenters. The van der Waals surface area contributed by atoms with Crippen LogP contribution in [0.4, 0.5) is 0 Å². The maximum Gasteiger partial charge on any atom is 0.326 e. The van der Waals surface area contributed by atoms with E-state index in [2.05, 4.69) is 21.3 Å². The molecule has 1 aliphatic heterocycles. The van der Waals surface area contributed by atoms with Gasteiger partial charge in [0.05, 0.1) is 6.04 Å². The molecule has 5 amide bonds. The number of nitrogens with two attached hydrogens (primary N) is 3. The first-order valence-corrected chi connectivity index (χ1v) is 19.3. The lowest BCUT2D eigenvalue weighted by Crippen LogP contribution is -2.60. The Bertz CT molecular complexity index is 1380. The van der Waals surface area contributed by atoms with Crippen LogP contribution in [-0.2, 0) is 35.2 Å². The summed E-state index contributed by atoms with van der Waals surface area (Å²) in [4.78, 5) is 81.9. The molecule has 16 nitrogen and oxygen atoms in total. The number of rotatable bonds is 24. The number of carbonyl (C=O) groups is 6. The molecule has 16 heteroatoms. The summed E-state index contributed by atoms with van der Waals surface area (Å²) in [5, 5.41) is 30.5. The van der Waals surface area contributed by atoms with Crippen molar-refractivity contribution >= 4 is 35.5 Å². The molecular weight excluding hydrogens is 696 g/mol. The van der Waals surface area contributed by atoms with Crippen LogP contribution in [0.2, 0.25) is 0 Å². The summed E-state index contributed by atoms with van der Waals surface area (Å²) in [6.07, 6.45) is 4.76. The van der Waals surface area contributed by atoms with Crippen LogP contribution in [0.3, 0.4) is 0 Å². The molecule has 1 fully saturated rings. The van der Waals surface area contributed by atoms with Crippen LogP contribution in [0, 0.1) is 11.8 Å². The summed E-state index contributed by atoms with van der Waals surface area (Å²) >= 11 is 0. The highest BCUT2D eigenvalue weighted by atomic mass is 16.4. The zero-order valence-electron chi connectivity index (χ0n) is 32.4. The molecule has 54 heavy (non-hydrogen) atoms. The normalized spacial score (nSPS) is 17.5. The van der Waals surface area contributed by atoms with Crippen molar-refractivity contribution in [2.45, 2.75) is 135 Å². The number of likely N-dealkylation sites (tertiary alicyclic amines) is 1. The maximum atomic E-state index is 14.0. The number of carboxylic acids is 1. The number of benzene rings is 1. The maximum absolute atomic E-state index is 14.0. The lowest BCUT2D eigenvalue weighted by atomic mass is 9.96. The monoisotopic (exact) mass is 760 g/mol. The number of carbonyl (C=O) groups excluding carboxylic acids is 5. The zero-order chi connectivity index (χ0) is 40.4. The third-order valence-corrected chi connectivity index (χ3v) is 9.83. The van der Waals surface area contributed by atoms with E-state index in [0.29, 0.717) is 76.4 Å². The van der Waals surface area contributed by atoms with E-state index >= 15 is 0 Å². The highest BCUT2D eigenvalue weighted by Crippen LogP contribution is 2.21. The zero-order valence-corrected chi connectivity index (χ0v) is 32.4. The summed E-state index contributed by atoms with van der Waals surface area (Å²) in [6, 6.07) is -0.0902. The van der Waals surface area contributed by atoms with Crippen LogP contribution in [-0.4, -0.2) is 107 Å². The highest BCUT2D eigenvalue weighted by Gasteiger charge is 2.40. The minimum absolute atomic E-state index is 0.0106. The molecule has 0 bridgehead atoms. The van der Waals surface area contributed by atoms with Gasteiger partial charge in [0, 0.05) is 13.0 Å². The number of amides is 5. The van der Waals surface area contributed by atoms with Crippen LogP contribution in [0.1, 0.15) is 97.5 Å². The Morgan fingerprint density at radius 3 is 2.00 bits per heavy atom. The minimum atomic E-state index is -1.21. The average Bonchev–Trinajstić information content (AvgIpc) is 3.63. The summed E-state index contributed by atoms with van der Waals surface area (Å²) in [5.41, 5.74) is 18.0. The van der Waals surface area contributed by atoms with Crippen molar-refractivity contribution in [2.24, 2.45) is 29.0 Å². The number of phenolic OH excluding ortho intramolecular Hbond substituents is 1. The molecule has 2 rings (SSSR count). The van der Waals surface area contributed by atoms with Crippen molar-refractivity contribution in [3.05, 3.63) is 29.8 Å². The first-order valence-electron chi connectivity index (χ1n) is 19.3. The Kier molecular flexibility index (Phi) is 20.0. The van der Waals surface area contributed by atoms with E-state index in [-0.39, 0.29) is 31.1 Å². The van der Waals surface area contributed by atoms with Crippen molar-refractivity contribution in [3.8, 4) is 5.75 Å². The number of hydrogen-bond acceptors (Lipinski definition) is 10. The Morgan fingerprint density at radius 1 is 0.815 bits per heavy atom. The fraction of sp³-hybridized carbons (Fsp3) is 0.684. The standard InChI is InChI=1S/C38H64N8O8/c1-5-24(4)32(36(51)44-30(38(53)54)21-23(2)3)45-34(49)29(22-25-14-16-26(47)17-15-25)43-35(50)31-13-10-20-46(31)37(52)28(12-7-9-19-40)42-33(48)27(41)11-6-8-18-39/h14-17,23-24,27-32,47H,5-13,18-22,39-41H2,1-4H3,(H,42,48)(H,43,50)(H,44,51)(H,45,49)(H,53,54)/t24-,27+,28-,29-,30-,31-,32-/m0/s1. The largest absolute Gasteiger partial charge is 0.508 e. The van der Waals surface area contributed by atoms with E-state index in [1.165, 1.54) is 17.0 Å². The van der Waals surface area contributed by atoms with Crippen LogP contribution >= 0.6 is 0 Å². The van der Waals surface area contributed by atoms with Crippen LogP contribution in [0.15, 0.2) is 24.3 Å². The predicted octanol–water partition coefficient (Wildman–Crippen LogP) is 0.627. The lowest BCUT2D eigenvalue weighted by molar-refractivity contribution is -0.143. The molecule has 0 radical (unpaired) electrons. The fourth-order valence-corrected chi connectivity index (χ4v) is 6.43. The van der Waals surface area contributed by atoms with E-state index in [4.69, 9.17) is 17.2 Å². The highest BCUT2D eigenvalue weighted by molar-refractivity contribution is 5.96. The van der Waals surface area contributed by atoms with Gasteiger partial charge < -0.3 is 53.6 Å². The summed E-state index contributed by atoms with van der Waals surface area (Å²) < 4.78 is 0. The lowest BCUT2D eigenvalue weighted by Gasteiger charge is -2.31. The topological polar surface area (TPSA) is 272 Å². The molecule has 0 aromatic heterocycles. The molecule has 1 aromatic carbocycles.